The summed E-state index contributed by atoms with van der Waals surface area (Å²) in [4.78, 5) is 11.8. The molecule has 1 fully saturated rings. The first-order valence-electron chi connectivity index (χ1n) is 6.77. The number of amides is 1. The molecule has 3 nitrogen and oxygen atoms in total. The molecule has 0 saturated heterocycles. The molecule has 0 aromatic heterocycles. The summed E-state index contributed by atoms with van der Waals surface area (Å²) in [6.45, 7) is 1.72. The lowest BCUT2D eigenvalue weighted by atomic mass is 9.79. The first-order chi connectivity index (χ1) is 8.66. The molecule has 1 aromatic carbocycles. The Morgan fingerprint density at radius 1 is 1.37 bits per heavy atom. The quantitative estimate of drug-likeness (QED) is 0.872. The summed E-state index contributed by atoms with van der Waals surface area (Å²) >= 11 is 0. The van der Waals surface area contributed by atoms with Crippen LogP contribution in [0.3, 0.4) is 0 Å². The molecule has 1 aliphatic rings. The molecule has 0 spiro atoms. The maximum Gasteiger partial charge on any atom is 0.237 e. The molecule has 3 N–H and O–H groups in total. The van der Waals surface area contributed by atoms with Crippen LogP contribution in [0.25, 0.3) is 0 Å². The van der Waals surface area contributed by atoms with Crippen LogP contribution in [-0.4, -0.2) is 11.9 Å². The van der Waals surface area contributed by atoms with E-state index in [0.29, 0.717) is 0 Å². The lowest BCUT2D eigenvalue weighted by Crippen LogP contribution is -2.41. The van der Waals surface area contributed by atoms with Gasteiger partial charge in [0.15, 0.2) is 0 Å². The second-order valence-corrected chi connectivity index (χ2v) is 5.29. The minimum absolute atomic E-state index is 0. The van der Waals surface area contributed by atoms with Gasteiger partial charge < -0.3 is 11.1 Å². The van der Waals surface area contributed by atoms with Crippen molar-refractivity contribution in [1.82, 2.24) is 5.32 Å². The molecule has 2 rings (SSSR count). The molecule has 2 atom stereocenters. The summed E-state index contributed by atoms with van der Waals surface area (Å²) in [7, 11) is 0. The van der Waals surface area contributed by atoms with Crippen molar-refractivity contribution in [2.24, 2.45) is 11.7 Å². The Labute approximate surface area is 121 Å². The molecule has 1 saturated carbocycles. The Kier molecular flexibility index (Phi) is 6.32. The minimum Gasteiger partial charge on any atom is -0.348 e. The monoisotopic (exact) mass is 282 g/mol. The Bertz CT molecular complexity index is 390. The van der Waals surface area contributed by atoms with Crippen LogP contribution in [0.2, 0.25) is 0 Å². The number of benzene rings is 1. The summed E-state index contributed by atoms with van der Waals surface area (Å²) in [5, 5.41) is 3.07. The second-order valence-electron chi connectivity index (χ2n) is 5.29. The van der Waals surface area contributed by atoms with Gasteiger partial charge in [-0.15, -0.1) is 12.4 Å². The van der Waals surface area contributed by atoms with Crippen LogP contribution in [0.1, 0.15) is 44.2 Å². The van der Waals surface area contributed by atoms with Crippen molar-refractivity contribution in [1.29, 1.82) is 0 Å². The molecule has 4 heteroatoms. The van der Waals surface area contributed by atoms with E-state index in [1.54, 1.807) is 6.92 Å². The maximum atomic E-state index is 11.8. The molecule has 0 aliphatic heterocycles. The molecule has 0 heterocycles. The van der Waals surface area contributed by atoms with Crippen molar-refractivity contribution in [2.75, 3.05) is 0 Å². The van der Waals surface area contributed by atoms with Crippen molar-refractivity contribution in [3.63, 3.8) is 0 Å². The third kappa shape index (κ3) is 4.51. The van der Waals surface area contributed by atoms with Gasteiger partial charge in [0.1, 0.15) is 0 Å². The van der Waals surface area contributed by atoms with E-state index >= 15 is 0 Å². The predicted octanol–water partition coefficient (Wildman–Crippen LogP) is 2.80. The zero-order valence-corrected chi connectivity index (χ0v) is 12.2. The second kappa shape index (κ2) is 7.51. The Hall–Kier alpha value is -1.06. The van der Waals surface area contributed by atoms with Crippen LogP contribution in [0.4, 0.5) is 0 Å². The van der Waals surface area contributed by atoms with Crippen LogP contribution < -0.4 is 11.1 Å². The predicted molar refractivity (Wildman–Crippen MR) is 80.2 cm³/mol. The summed E-state index contributed by atoms with van der Waals surface area (Å²) in [5.74, 6) is 0.687. The topological polar surface area (TPSA) is 55.1 Å². The van der Waals surface area contributed by atoms with E-state index in [4.69, 9.17) is 5.73 Å². The summed E-state index contributed by atoms with van der Waals surface area (Å²) in [5.41, 5.74) is 6.81. The molecule has 1 amide bonds. The molecule has 0 radical (unpaired) electrons. The third-order valence-corrected chi connectivity index (χ3v) is 3.73. The average Bonchev–Trinajstić information content (AvgIpc) is 2.32. The van der Waals surface area contributed by atoms with Gasteiger partial charge in [0.2, 0.25) is 5.91 Å². The first kappa shape index (κ1) is 16.0. The summed E-state index contributed by atoms with van der Waals surface area (Å²) in [6.07, 6.45) is 4.94. The van der Waals surface area contributed by atoms with Crippen LogP contribution in [-0.2, 0) is 4.79 Å². The number of nitrogens with two attached hydrogens (primary N) is 1. The highest BCUT2D eigenvalue weighted by Gasteiger charge is 2.24. The lowest BCUT2D eigenvalue weighted by Gasteiger charge is -2.30. The van der Waals surface area contributed by atoms with Crippen molar-refractivity contribution < 1.29 is 4.79 Å². The highest BCUT2D eigenvalue weighted by molar-refractivity contribution is 5.85. The minimum atomic E-state index is -0.447. The smallest absolute Gasteiger partial charge is 0.237 e. The van der Waals surface area contributed by atoms with Gasteiger partial charge in [-0.3, -0.25) is 4.79 Å². The van der Waals surface area contributed by atoms with E-state index in [1.807, 2.05) is 18.2 Å². The zero-order valence-electron chi connectivity index (χ0n) is 11.3. The molecule has 19 heavy (non-hydrogen) atoms. The zero-order chi connectivity index (χ0) is 13.0. The van der Waals surface area contributed by atoms with Crippen molar-refractivity contribution in [3.8, 4) is 0 Å². The normalized spacial score (nSPS) is 17.8. The van der Waals surface area contributed by atoms with Crippen LogP contribution in [0.5, 0.6) is 0 Å². The van der Waals surface area contributed by atoms with E-state index in [2.05, 4.69) is 17.4 Å². The summed E-state index contributed by atoms with van der Waals surface area (Å²) < 4.78 is 0. The Morgan fingerprint density at radius 2 is 2.00 bits per heavy atom. The fourth-order valence-corrected chi connectivity index (χ4v) is 2.33. The number of rotatable bonds is 5. The van der Waals surface area contributed by atoms with E-state index in [1.165, 1.54) is 24.8 Å². The third-order valence-electron chi connectivity index (χ3n) is 3.73. The van der Waals surface area contributed by atoms with E-state index < -0.39 is 6.04 Å². The fourth-order valence-electron chi connectivity index (χ4n) is 2.33. The largest absolute Gasteiger partial charge is 0.348 e. The lowest BCUT2D eigenvalue weighted by molar-refractivity contribution is -0.122. The number of carbonyl (C=O) groups is 1. The van der Waals surface area contributed by atoms with Crippen LogP contribution in [0, 0.1) is 5.92 Å². The highest BCUT2D eigenvalue weighted by atomic mass is 35.5. The van der Waals surface area contributed by atoms with Crippen LogP contribution >= 0.6 is 12.4 Å². The standard InChI is InChI=1S/C15H22N2O.ClH/c1-11(16)15(18)17-14(10-12-6-5-7-12)13-8-3-2-4-9-13;/h2-4,8-9,11-12,14H,5-7,10,16H2,1H3,(H,17,18);1H/t11-,14?;/m1./s1. The van der Waals surface area contributed by atoms with E-state index in [0.717, 1.165) is 12.3 Å². The van der Waals surface area contributed by atoms with E-state index in [-0.39, 0.29) is 24.4 Å². The van der Waals surface area contributed by atoms with Gasteiger partial charge in [0, 0.05) is 0 Å². The van der Waals surface area contributed by atoms with Gasteiger partial charge in [-0.25, -0.2) is 0 Å². The number of hydrogen-bond donors (Lipinski definition) is 2. The summed E-state index contributed by atoms with van der Waals surface area (Å²) in [6, 6.07) is 9.84. The molecule has 1 unspecified atom stereocenters. The Morgan fingerprint density at radius 3 is 2.47 bits per heavy atom. The molecule has 106 valence electrons. The van der Waals surface area contributed by atoms with Gasteiger partial charge in [-0.2, -0.15) is 0 Å². The SMILES string of the molecule is C[C@@H](N)C(=O)NC(CC1CCC1)c1ccccc1.Cl. The number of halogens is 1. The maximum absolute atomic E-state index is 11.8. The molecular weight excluding hydrogens is 260 g/mol. The van der Waals surface area contributed by atoms with Crippen molar-refractivity contribution >= 4 is 18.3 Å². The van der Waals surface area contributed by atoms with Crippen molar-refractivity contribution in [3.05, 3.63) is 35.9 Å². The number of nitrogens with one attached hydrogen (secondary N) is 1. The van der Waals surface area contributed by atoms with Gasteiger partial charge >= 0.3 is 0 Å². The molecule has 0 bridgehead atoms. The number of hydrogen-bond acceptors (Lipinski definition) is 2. The van der Waals surface area contributed by atoms with Gasteiger partial charge in [-0.1, -0.05) is 49.6 Å². The molecule has 1 aliphatic carbocycles. The van der Waals surface area contributed by atoms with Gasteiger partial charge in [0.25, 0.3) is 0 Å². The Balaban J connectivity index is 0.00000180. The average molecular weight is 283 g/mol. The fraction of sp³-hybridized carbons (Fsp3) is 0.533. The highest BCUT2D eigenvalue weighted by Crippen LogP contribution is 2.34. The van der Waals surface area contributed by atoms with E-state index in [9.17, 15) is 4.79 Å². The number of carbonyl (C=O) groups excluding carboxylic acids is 1. The van der Waals surface area contributed by atoms with Crippen molar-refractivity contribution in [2.45, 2.75) is 44.7 Å². The molecular formula is C15H23ClN2O. The first-order valence-corrected chi connectivity index (χ1v) is 6.77. The van der Waals surface area contributed by atoms with Crippen LogP contribution in [0.15, 0.2) is 30.3 Å². The van der Waals surface area contributed by atoms with Gasteiger partial charge in [-0.05, 0) is 24.8 Å². The molecule has 1 aromatic rings. The van der Waals surface area contributed by atoms with Gasteiger partial charge in [0.05, 0.1) is 12.1 Å².